The van der Waals surface area contributed by atoms with Crippen molar-refractivity contribution in [2.24, 2.45) is 5.92 Å². The van der Waals surface area contributed by atoms with Crippen LogP contribution in [0.2, 0.25) is 10.0 Å². The molecule has 1 aromatic heterocycles. The van der Waals surface area contributed by atoms with E-state index in [1.807, 2.05) is 35.9 Å². The van der Waals surface area contributed by atoms with Crippen LogP contribution in [0.4, 0.5) is 0 Å². The van der Waals surface area contributed by atoms with Gasteiger partial charge in [0.1, 0.15) is 0 Å². The van der Waals surface area contributed by atoms with Gasteiger partial charge in [-0.25, -0.2) is 0 Å². The average Bonchev–Trinajstić information content (AvgIpc) is 2.76. The van der Waals surface area contributed by atoms with Crippen LogP contribution in [0.5, 0.6) is 0 Å². The van der Waals surface area contributed by atoms with Crippen LogP contribution in [-0.4, -0.2) is 15.7 Å². The molecule has 0 bridgehead atoms. The third-order valence-electron chi connectivity index (χ3n) is 3.62. The molecule has 0 fully saturated rings. The molecule has 0 N–H and O–H groups in total. The lowest BCUT2D eigenvalue weighted by molar-refractivity contribution is 0.532. The highest BCUT2D eigenvalue weighted by atomic mass is 35.5. The van der Waals surface area contributed by atoms with Gasteiger partial charge in [0.05, 0.1) is 16.4 Å². The Morgan fingerprint density at radius 1 is 1.19 bits per heavy atom. The molecule has 0 aliphatic carbocycles. The number of halogens is 3. The molecule has 0 amide bonds. The minimum absolute atomic E-state index is 0.283. The summed E-state index contributed by atoms with van der Waals surface area (Å²) in [6, 6.07) is 7.90. The van der Waals surface area contributed by atoms with Gasteiger partial charge in [-0.3, -0.25) is 4.68 Å². The Balaban J connectivity index is 2.18. The molecule has 5 heteroatoms. The third-order valence-corrected chi connectivity index (χ3v) is 4.92. The van der Waals surface area contributed by atoms with E-state index in [4.69, 9.17) is 34.8 Å². The predicted molar refractivity (Wildman–Crippen MR) is 90.7 cm³/mol. The molecule has 1 aromatic carbocycles. The second-order valence-corrected chi connectivity index (χ2v) is 6.28. The first-order chi connectivity index (χ1) is 10.1. The molecule has 2 aromatic rings. The van der Waals surface area contributed by atoms with Gasteiger partial charge >= 0.3 is 0 Å². The molecule has 114 valence electrons. The Kier molecular flexibility index (Phi) is 5.98. The van der Waals surface area contributed by atoms with E-state index in [1.54, 1.807) is 0 Å². The molecule has 2 rings (SSSR count). The first kappa shape index (κ1) is 16.7. The average molecular weight is 346 g/mol. The summed E-state index contributed by atoms with van der Waals surface area (Å²) in [4.78, 5) is 0. The van der Waals surface area contributed by atoms with Gasteiger partial charge in [0, 0.05) is 17.4 Å². The lowest BCUT2D eigenvalue weighted by atomic mass is 9.96. The molecular weight excluding hydrogens is 327 g/mol. The molecule has 0 radical (unpaired) electrons. The topological polar surface area (TPSA) is 17.8 Å². The summed E-state index contributed by atoms with van der Waals surface area (Å²) in [5, 5.41) is 6.00. The number of hydrogen-bond donors (Lipinski definition) is 0. The van der Waals surface area contributed by atoms with Gasteiger partial charge in [-0.05, 0) is 44.2 Å². The van der Waals surface area contributed by atoms with E-state index in [1.165, 1.54) is 0 Å². The van der Waals surface area contributed by atoms with Crippen molar-refractivity contribution in [3.8, 4) is 0 Å². The van der Waals surface area contributed by atoms with Crippen molar-refractivity contribution < 1.29 is 0 Å². The van der Waals surface area contributed by atoms with E-state index in [9.17, 15) is 0 Å². The van der Waals surface area contributed by atoms with Crippen molar-refractivity contribution in [2.75, 3.05) is 5.88 Å². The van der Waals surface area contributed by atoms with E-state index < -0.39 is 0 Å². The Morgan fingerprint density at radius 3 is 2.52 bits per heavy atom. The van der Waals surface area contributed by atoms with Gasteiger partial charge in [0.2, 0.25) is 0 Å². The molecule has 2 nitrogen and oxygen atoms in total. The predicted octanol–water partition coefficient (Wildman–Crippen LogP) is 5.16. The number of nitrogens with zero attached hydrogens (tertiary/aromatic N) is 2. The van der Waals surface area contributed by atoms with E-state index in [2.05, 4.69) is 12.0 Å². The second-order valence-electron chi connectivity index (χ2n) is 5.18. The summed E-state index contributed by atoms with van der Waals surface area (Å²) in [6.07, 6.45) is 1.65. The fourth-order valence-electron chi connectivity index (χ4n) is 2.49. The van der Waals surface area contributed by atoms with Crippen LogP contribution in [-0.2, 0) is 19.4 Å². The first-order valence-electron chi connectivity index (χ1n) is 7.07. The summed E-state index contributed by atoms with van der Waals surface area (Å²) < 4.78 is 1.96. The Morgan fingerprint density at radius 2 is 1.90 bits per heavy atom. The standard InChI is InChI=1S/C16H19Cl3N2/c1-3-21-15(16(19)11(2)20-21)9-12(10-17)8-13-6-4-5-7-14(13)18/h4-7,12H,3,8-10H2,1-2H3. The monoisotopic (exact) mass is 344 g/mol. The third kappa shape index (κ3) is 3.94. The second kappa shape index (κ2) is 7.53. The molecule has 0 spiro atoms. The van der Waals surface area contributed by atoms with Crippen molar-refractivity contribution in [2.45, 2.75) is 33.2 Å². The number of alkyl halides is 1. The molecule has 21 heavy (non-hydrogen) atoms. The van der Waals surface area contributed by atoms with Crippen LogP contribution in [0.25, 0.3) is 0 Å². The van der Waals surface area contributed by atoms with Crippen molar-refractivity contribution in [3.05, 3.63) is 51.3 Å². The molecule has 1 heterocycles. The number of hydrogen-bond acceptors (Lipinski definition) is 1. The zero-order chi connectivity index (χ0) is 15.4. The highest BCUT2D eigenvalue weighted by Crippen LogP contribution is 2.26. The lowest BCUT2D eigenvalue weighted by Gasteiger charge is -2.16. The van der Waals surface area contributed by atoms with E-state index in [0.717, 1.165) is 46.4 Å². The van der Waals surface area contributed by atoms with Gasteiger partial charge in [-0.2, -0.15) is 5.10 Å². The zero-order valence-corrected chi connectivity index (χ0v) is 14.5. The number of rotatable bonds is 6. The van der Waals surface area contributed by atoms with E-state index in [-0.39, 0.29) is 5.92 Å². The highest BCUT2D eigenvalue weighted by molar-refractivity contribution is 6.32. The Labute approximate surface area is 141 Å². The highest BCUT2D eigenvalue weighted by Gasteiger charge is 2.18. The molecule has 1 atom stereocenters. The van der Waals surface area contributed by atoms with Crippen molar-refractivity contribution in [1.29, 1.82) is 0 Å². The van der Waals surface area contributed by atoms with Crippen molar-refractivity contribution in [1.82, 2.24) is 9.78 Å². The van der Waals surface area contributed by atoms with Crippen LogP contribution < -0.4 is 0 Å². The summed E-state index contributed by atoms with van der Waals surface area (Å²) in [6.45, 7) is 4.81. The van der Waals surface area contributed by atoms with Crippen molar-refractivity contribution >= 4 is 34.8 Å². The fraction of sp³-hybridized carbons (Fsp3) is 0.438. The SMILES string of the molecule is CCn1nc(C)c(Cl)c1CC(CCl)Cc1ccccc1Cl. The quantitative estimate of drug-likeness (QED) is 0.661. The fourth-order valence-corrected chi connectivity index (χ4v) is 3.14. The smallest absolute Gasteiger partial charge is 0.0847 e. The number of benzene rings is 1. The molecular formula is C16H19Cl3N2. The van der Waals surface area contributed by atoms with Gasteiger partial charge in [0.25, 0.3) is 0 Å². The number of aromatic nitrogens is 2. The van der Waals surface area contributed by atoms with E-state index in [0.29, 0.717) is 5.88 Å². The lowest BCUT2D eigenvalue weighted by Crippen LogP contribution is -2.14. The number of aryl methyl sites for hydroxylation is 2. The van der Waals surface area contributed by atoms with Crippen LogP contribution >= 0.6 is 34.8 Å². The normalized spacial score (nSPS) is 12.6. The minimum atomic E-state index is 0.283. The molecule has 0 saturated heterocycles. The Bertz CT molecular complexity index is 608. The van der Waals surface area contributed by atoms with Gasteiger partial charge in [-0.15, -0.1) is 11.6 Å². The van der Waals surface area contributed by atoms with Crippen LogP contribution in [0.15, 0.2) is 24.3 Å². The first-order valence-corrected chi connectivity index (χ1v) is 8.37. The van der Waals surface area contributed by atoms with Crippen LogP contribution in [0, 0.1) is 12.8 Å². The maximum atomic E-state index is 6.38. The largest absolute Gasteiger partial charge is 0.268 e. The summed E-state index contributed by atoms with van der Waals surface area (Å²) >= 11 is 18.8. The van der Waals surface area contributed by atoms with Crippen LogP contribution in [0.1, 0.15) is 23.9 Å². The van der Waals surface area contributed by atoms with Gasteiger partial charge < -0.3 is 0 Å². The maximum Gasteiger partial charge on any atom is 0.0847 e. The summed E-state index contributed by atoms with van der Waals surface area (Å²) in [5.41, 5.74) is 3.06. The summed E-state index contributed by atoms with van der Waals surface area (Å²) in [7, 11) is 0. The molecule has 1 unspecified atom stereocenters. The van der Waals surface area contributed by atoms with Crippen LogP contribution in [0.3, 0.4) is 0 Å². The molecule has 0 saturated carbocycles. The van der Waals surface area contributed by atoms with Gasteiger partial charge in [0.15, 0.2) is 0 Å². The molecule has 0 aliphatic heterocycles. The van der Waals surface area contributed by atoms with Gasteiger partial charge in [-0.1, -0.05) is 41.4 Å². The summed E-state index contributed by atoms with van der Waals surface area (Å²) in [5.74, 6) is 0.848. The minimum Gasteiger partial charge on any atom is -0.268 e. The maximum absolute atomic E-state index is 6.38. The molecule has 0 aliphatic rings. The van der Waals surface area contributed by atoms with E-state index >= 15 is 0 Å². The Hall–Kier alpha value is -0.700. The zero-order valence-electron chi connectivity index (χ0n) is 12.2. The van der Waals surface area contributed by atoms with Crippen molar-refractivity contribution in [3.63, 3.8) is 0 Å².